The van der Waals surface area contributed by atoms with Gasteiger partial charge in [-0.1, -0.05) is 25.8 Å². The molecule has 2 atom stereocenters. The van der Waals surface area contributed by atoms with Crippen molar-refractivity contribution in [2.24, 2.45) is 5.41 Å². The molecule has 0 radical (unpaired) electrons. The van der Waals surface area contributed by atoms with Gasteiger partial charge in [-0.2, -0.15) is 0 Å². The molecule has 0 saturated heterocycles. The topological polar surface area (TPSA) is 40.5 Å². The lowest BCUT2D eigenvalue weighted by Crippen LogP contribution is -2.27. The van der Waals surface area contributed by atoms with Crippen molar-refractivity contribution in [2.45, 2.75) is 52.2 Å². The lowest BCUT2D eigenvalue weighted by atomic mass is 9.71. The van der Waals surface area contributed by atoms with Gasteiger partial charge in [0.15, 0.2) is 0 Å². The molecule has 0 heterocycles. The predicted molar refractivity (Wildman–Crippen MR) is 70.3 cm³/mol. The van der Waals surface area contributed by atoms with Crippen molar-refractivity contribution in [3.8, 4) is 12.3 Å². The number of terminal acetylenes is 1. The summed E-state index contributed by atoms with van der Waals surface area (Å²) in [7, 11) is 0. The first-order valence-corrected chi connectivity index (χ1v) is 5.98. The molecule has 1 aliphatic rings. The van der Waals surface area contributed by atoms with Gasteiger partial charge in [0.05, 0.1) is 6.10 Å². The minimum absolute atomic E-state index is 0.0183. The standard InChI is InChI=1S/C15H22O2/c1-6-15(5,17)10-7-12-11(2)13(16)8-9-14(12,3)4/h1,7,10,13,16-17H,8-9H2,2-5H3/b10-7+. The van der Waals surface area contributed by atoms with E-state index in [1.807, 2.05) is 13.0 Å². The van der Waals surface area contributed by atoms with Crippen LogP contribution in [-0.2, 0) is 0 Å². The van der Waals surface area contributed by atoms with Crippen LogP contribution in [-0.4, -0.2) is 21.9 Å². The monoisotopic (exact) mass is 234 g/mol. The van der Waals surface area contributed by atoms with Gasteiger partial charge in [-0.05, 0) is 49.3 Å². The van der Waals surface area contributed by atoms with Gasteiger partial charge in [0.2, 0.25) is 0 Å². The Hall–Kier alpha value is -1.04. The molecule has 2 nitrogen and oxygen atoms in total. The highest BCUT2D eigenvalue weighted by Gasteiger charge is 2.31. The fraction of sp³-hybridized carbons (Fsp3) is 0.600. The zero-order valence-electron chi connectivity index (χ0n) is 11.1. The SMILES string of the molecule is C#CC(C)(O)/C=C/C1=C(C)C(O)CCC1(C)C. The fourth-order valence-corrected chi connectivity index (χ4v) is 2.21. The second-order valence-corrected chi connectivity index (χ2v) is 5.66. The van der Waals surface area contributed by atoms with E-state index in [-0.39, 0.29) is 11.5 Å². The molecule has 0 aromatic rings. The molecule has 1 rings (SSSR count). The molecule has 0 aromatic carbocycles. The van der Waals surface area contributed by atoms with E-state index in [2.05, 4.69) is 19.8 Å². The summed E-state index contributed by atoms with van der Waals surface area (Å²) in [6.45, 7) is 7.81. The molecule has 0 bridgehead atoms. The third kappa shape index (κ3) is 3.21. The number of aliphatic hydroxyl groups is 2. The largest absolute Gasteiger partial charge is 0.389 e. The maximum absolute atomic E-state index is 9.87. The maximum atomic E-state index is 9.87. The zero-order valence-corrected chi connectivity index (χ0v) is 11.1. The third-order valence-electron chi connectivity index (χ3n) is 3.56. The summed E-state index contributed by atoms with van der Waals surface area (Å²) in [5.41, 5.74) is 0.841. The van der Waals surface area contributed by atoms with Crippen LogP contribution in [0.4, 0.5) is 0 Å². The Morgan fingerprint density at radius 3 is 2.65 bits per heavy atom. The summed E-state index contributed by atoms with van der Waals surface area (Å²) < 4.78 is 0. The molecule has 2 unspecified atom stereocenters. The Balaban J connectivity index is 3.10. The van der Waals surface area contributed by atoms with Crippen molar-refractivity contribution in [1.82, 2.24) is 0 Å². The van der Waals surface area contributed by atoms with E-state index in [0.29, 0.717) is 0 Å². The van der Waals surface area contributed by atoms with Crippen molar-refractivity contribution in [1.29, 1.82) is 0 Å². The van der Waals surface area contributed by atoms with E-state index >= 15 is 0 Å². The highest BCUT2D eigenvalue weighted by Crippen LogP contribution is 2.41. The minimum Gasteiger partial charge on any atom is -0.389 e. The van der Waals surface area contributed by atoms with Gasteiger partial charge in [0, 0.05) is 0 Å². The van der Waals surface area contributed by atoms with Gasteiger partial charge >= 0.3 is 0 Å². The number of hydrogen-bond donors (Lipinski definition) is 2. The van der Waals surface area contributed by atoms with Gasteiger partial charge in [-0.25, -0.2) is 0 Å². The van der Waals surface area contributed by atoms with E-state index in [0.717, 1.165) is 24.0 Å². The number of allylic oxidation sites excluding steroid dienone is 2. The summed E-state index contributed by atoms with van der Waals surface area (Å²) in [5.74, 6) is 2.32. The number of rotatable bonds is 2. The van der Waals surface area contributed by atoms with Crippen LogP contribution in [0.5, 0.6) is 0 Å². The molecule has 94 valence electrons. The fourth-order valence-electron chi connectivity index (χ4n) is 2.21. The molecule has 0 aliphatic heterocycles. The normalized spacial score (nSPS) is 27.9. The molecule has 0 aromatic heterocycles. The average Bonchev–Trinajstić information content (AvgIpc) is 2.24. The van der Waals surface area contributed by atoms with E-state index in [1.165, 1.54) is 0 Å². The van der Waals surface area contributed by atoms with Gasteiger partial charge in [-0.3, -0.25) is 0 Å². The Bertz CT molecular complexity index is 392. The van der Waals surface area contributed by atoms with Crippen LogP contribution in [0.1, 0.15) is 40.5 Å². The Morgan fingerprint density at radius 2 is 2.12 bits per heavy atom. The Kier molecular flexibility index (Phi) is 3.86. The summed E-state index contributed by atoms with van der Waals surface area (Å²) in [6, 6.07) is 0. The lowest BCUT2D eigenvalue weighted by Gasteiger charge is -2.35. The quantitative estimate of drug-likeness (QED) is 0.720. The van der Waals surface area contributed by atoms with Gasteiger partial charge in [0.1, 0.15) is 5.60 Å². The summed E-state index contributed by atoms with van der Waals surface area (Å²) in [5, 5.41) is 19.6. The first-order chi connectivity index (χ1) is 7.69. The zero-order chi connectivity index (χ0) is 13.3. The van der Waals surface area contributed by atoms with Crippen molar-refractivity contribution in [3.05, 3.63) is 23.3 Å². The number of aliphatic hydroxyl groups excluding tert-OH is 1. The summed E-state index contributed by atoms with van der Waals surface area (Å²) >= 11 is 0. The maximum Gasteiger partial charge on any atom is 0.141 e. The molecular weight excluding hydrogens is 212 g/mol. The van der Waals surface area contributed by atoms with Crippen LogP contribution in [0.3, 0.4) is 0 Å². The predicted octanol–water partition coefficient (Wildman–Crippen LogP) is 2.42. The van der Waals surface area contributed by atoms with Crippen LogP contribution in [0.2, 0.25) is 0 Å². The molecular formula is C15H22O2. The van der Waals surface area contributed by atoms with E-state index in [9.17, 15) is 10.2 Å². The van der Waals surface area contributed by atoms with Crippen LogP contribution in [0.25, 0.3) is 0 Å². The van der Waals surface area contributed by atoms with Crippen LogP contribution < -0.4 is 0 Å². The van der Waals surface area contributed by atoms with Crippen LogP contribution >= 0.6 is 0 Å². The van der Waals surface area contributed by atoms with Crippen molar-refractivity contribution in [3.63, 3.8) is 0 Å². The second-order valence-electron chi connectivity index (χ2n) is 5.66. The third-order valence-corrected chi connectivity index (χ3v) is 3.56. The Morgan fingerprint density at radius 1 is 1.53 bits per heavy atom. The molecule has 0 saturated carbocycles. The van der Waals surface area contributed by atoms with Crippen molar-refractivity contribution < 1.29 is 10.2 Å². The van der Waals surface area contributed by atoms with Crippen molar-refractivity contribution >= 4 is 0 Å². The minimum atomic E-state index is -1.23. The Labute approximate surface area is 104 Å². The molecule has 0 fully saturated rings. The molecule has 2 N–H and O–H groups in total. The molecule has 0 amide bonds. The second kappa shape index (κ2) is 4.68. The molecule has 17 heavy (non-hydrogen) atoms. The lowest BCUT2D eigenvalue weighted by molar-refractivity contribution is 0.161. The summed E-state index contributed by atoms with van der Waals surface area (Å²) in [6.07, 6.45) is 10.1. The van der Waals surface area contributed by atoms with Crippen LogP contribution in [0.15, 0.2) is 23.3 Å². The molecule has 2 heteroatoms. The van der Waals surface area contributed by atoms with Gasteiger partial charge in [0.25, 0.3) is 0 Å². The number of hydrogen-bond acceptors (Lipinski definition) is 2. The first-order valence-electron chi connectivity index (χ1n) is 5.98. The molecule has 0 spiro atoms. The molecule has 1 aliphatic carbocycles. The highest BCUT2D eigenvalue weighted by atomic mass is 16.3. The average molecular weight is 234 g/mol. The first kappa shape index (κ1) is 14.0. The highest BCUT2D eigenvalue weighted by molar-refractivity contribution is 5.37. The van der Waals surface area contributed by atoms with Gasteiger partial charge in [-0.15, -0.1) is 6.42 Å². The van der Waals surface area contributed by atoms with Crippen LogP contribution in [0, 0.1) is 17.8 Å². The van der Waals surface area contributed by atoms with Crippen molar-refractivity contribution in [2.75, 3.05) is 0 Å². The van der Waals surface area contributed by atoms with E-state index in [1.54, 1.807) is 13.0 Å². The van der Waals surface area contributed by atoms with E-state index < -0.39 is 5.60 Å². The van der Waals surface area contributed by atoms with E-state index in [4.69, 9.17) is 6.42 Å². The van der Waals surface area contributed by atoms with Gasteiger partial charge < -0.3 is 10.2 Å². The summed E-state index contributed by atoms with van der Waals surface area (Å²) in [4.78, 5) is 0. The smallest absolute Gasteiger partial charge is 0.141 e.